The predicted molar refractivity (Wildman–Crippen MR) is 74.6 cm³/mol. The van der Waals surface area contributed by atoms with Gasteiger partial charge in [-0.15, -0.1) is 0 Å². The average Bonchev–Trinajstić information content (AvgIpc) is 2.41. The Morgan fingerprint density at radius 2 is 2.05 bits per heavy atom. The van der Waals surface area contributed by atoms with Crippen LogP contribution in [0.3, 0.4) is 0 Å². The number of nitrogens with zero attached hydrogens (tertiary/aromatic N) is 1. The first kappa shape index (κ1) is 14.4. The molecule has 1 unspecified atom stereocenters. The average molecular weight is 266 g/mol. The van der Waals surface area contributed by atoms with Crippen LogP contribution in [-0.4, -0.2) is 34.8 Å². The molecule has 1 saturated carbocycles. The third-order valence-corrected chi connectivity index (χ3v) is 4.68. The van der Waals surface area contributed by atoms with E-state index in [0.29, 0.717) is 18.9 Å². The smallest absolute Gasteiger partial charge is 0.245 e. The van der Waals surface area contributed by atoms with E-state index in [1.54, 1.807) is 0 Å². The number of nitrogens with one attached hydrogen (secondary N) is 1. The van der Waals surface area contributed by atoms with Gasteiger partial charge in [0.2, 0.25) is 11.8 Å². The van der Waals surface area contributed by atoms with Gasteiger partial charge in [-0.25, -0.2) is 0 Å². The molecule has 2 fully saturated rings. The Kier molecular flexibility index (Phi) is 4.16. The SMILES string of the molecule is CCC1(N2CCC(=O)NC(CC(C)C)C2=O)CCC1. The van der Waals surface area contributed by atoms with Gasteiger partial charge in [-0.05, 0) is 38.0 Å². The van der Waals surface area contributed by atoms with Crippen molar-refractivity contribution in [2.24, 2.45) is 5.92 Å². The molecular weight excluding hydrogens is 240 g/mol. The zero-order valence-electron chi connectivity index (χ0n) is 12.4. The quantitative estimate of drug-likeness (QED) is 0.847. The molecule has 0 aromatic rings. The highest BCUT2D eigenvalue weighted by molar-refractivity contribution is 5.90. The van der Waals surface area contributed by atoms with Gasteiger partial charge < -0.3 is 10.2 Å². The normalized spacial score (nSPS) is 26.9. The standard InChI is InChI=1S/C15H26N2O2/c1-4-15(7-5-8-15)17-9-6-13(18)16-12(14(17)19)10-11(2)3/h11-12H,4-10H2,1-3H3,(H,16,18). The van der Waals surface area contributed by atoms with Crippen LogP contribution in [0.1, 0.15) is 59.3 Å². The molecule has 0 radical (unpaired) electrons. The zero-order chi connectivity index (χ0) is 14.0. The van der Waals surface area contributed by atoms with E-state index in [1.807, 2.05) is 4.90 Å². The van der Waals surface area contributed by atoms with E-state index >= 15 is 0 Å². The van der Waals surface area contributed by atoms with Crippen molar-refractivity contribution in [3.8, 4) is 0 Å². The highest BCUT2D eigenvalue weighted by atomic mass is 16.2. The maximum Gasteiger partial charge on any atom is 0.245 e. The minimum absolute atomic E-state index is 0.0204. The summed E-state index contributed by atoms with van der Waals surface area (Å²) in [6, 6.07) is -0.320. The van der Waals surface area contributed by atoms with Crippen LogP contribution in [-0.2, 0) is 9.59 Å². The van der Waals surface area contributed by atoms with Gasteiger partial charge in [0.05, 0.1) is 0 Å². The molecule has 0 bridgehead atoms. The first-order valence-electron chi connectivity index (χ1n) is 7.59. The Bertz CT molecular complexity index is 356. The summed E-state index contributed by atoms with van der Waals surface area (Å²) in [5.41, 5.74) is 0.0403. The van der Waals surface area contributed by atoms with Crippen molar-refractivity contribution in [2.75, 3.05) is 6.54 Å². The fraction of sp³-hybridized carbons (Fsp3) is 0.867. The summed E-state index contributed by atoms with van der Waals surface area (Å²) < 4.78 is 0. The molecule has 2 amide bonds. The van der Waals surface area contributed by atoms with Crippen LogP contribution in [0.2, 0.25) is 0 Å². The van der Waals surface area contributed by atoms with Crippen LogP contribution in [0.15, 0.2) is 0 Å². The van der Waals surface area contributed by atoms with Crippen molar-refractivity contribution in [3.63, 3.8) is 0 Å². The highest BCUT2D eigenvalue weighted by Gasteiger charge is 2.46. The molecule has 4 heteroatoms. The van der Waals surface area contributed by atoms with E-state index in [2.05, 4.69) is 26.1 Å². The lowest BCUT2D eigenvalue weighted by atomic mass is 9.73. The second kappa shape index (κ2) is 5.51. The van der Waals surface area contributed by atoms with Gasteiger partial charge >= 0.3 is 0 Å². The van der Waals surface area contributed by atoms with Crippen molar-refractivity contribution >= 4 is 11.8 Å². The van der Waals surface area contributed by atoms with E-state index in [1.165, 1.54) is 6.42 Å². The summed E-state index contributed by atoms with van der Waals surface area (Å²) in [5, 5.41) is 2.90. The van der Waals surface area contributed by atoms with E-state index in [0.717, 1.165) is 25.7 Å². The van der Waals surface area contributed by atoms with Gasteiger partial charge in [-0.2, -0.15) is 0 Å². The molecule has 2 aliphatic rings. The summed E-state index contributed by atoms with van der Waals surface area (Å²) in [4.78, 5) is 26.5. The molecule has 1 aliphatic heterocycles. The lowest BCUT2D eigenvalue weighted by molar-refractivity contribution is -0.143. The fourth-order valence-corrected chi connectivity index (χ4v) is 3.34. The first-order valence-corrected chi connectivity index (χ1v) is 7.59. The van der Waals surface area contributed by atoms with Gasteiger partial charge in [-0.3, -0.25) is 9.59 Å². The molecule has 1 aliphatic carbocycles. The number of hydrogen-bond donors (Lipinski definition) is 1. The van der Waals surface area contributed by atoms with Crippen molar-refractivity contribution < 1.29 is 9.59 Å². The summed E-state index contributed by atoms with van der Waals surface area (Å²) in [6.07, 6.45) is 5.58. The van der Waals surface area contributed by atoms with E-state index in [-0.39, 0.29) is 23.4 Å². The number of hydrogen-bond acceptors (Lipinski definition) is 2. The maximum absolute atomic E-state index is 12.7. The molecule has 0 aromatic carbocycles. The Morgan fingerprint density at radius 1 is 1.37 bits per heavy atom. The molecule has 2 rings (SSSR count). The maximum atomic E-state index is 12.7. The topological polar surface area (TPSA) is 49.4 Å². The van der Waals surface area contributed by atoms with E-state index in [9.17, 15) is 9.59 Å². The van der Waals surface area contributed by atoms with Crippen LogP contribution in [0, 0.1) is 5.92 Å². The molecule has 1 heterocycles. The Labute approximate surface area is 115 Å². The Hall–Kier alpha value is -1.06. The van der Waals surface area contributed by atoms with Crippen molar-refractivity contribution in [1.82, 2.24) is 10.2 Å². The second-order valence-electron chi connectivity index (χ2n) is 6.42. The van der Waals surface area contributed by atoms with Gasteiger partial charge in [0, 0.05) is 18.5 Å². The van der Waals surface area contributed by atoms with Crippen LogP contribution in [0.25, 0.3) is 0 Å². The van der Waals surface area contributed by atoms with E-state index < -0.39 is 0 Å². The summed E-state index contributed by atoms with van der Waals surface area (Å²) in [6.45, 7) is 6.93. The Balaban J connectivity index is 2.18. The number of carbonyl (C=O) groups is 2. The monoisotopic (exact) mass is 266 g/mol. The van der Waals surface area contributed by atoms with Crippen LogP contribution in [0.4, 0.5) is 0 Å². The lowest BCUT2D eigenvalue weighted by Crippen LogP contribution is -2.59. The highest BCUT2D eigenvalue weighted by Crippen LogP contribution is 2.41. The third-order valence-electron chi connectivity index (χ3n) is 4.68. The molecule has 108 valence electrons. The predicted octanol–water partition coefficient (Wildman–Crippen LogP) is 2.08. The van der Waals surface area contributed by atoms with E-state index in [4.69, 9.17) is 0 Å². The second-order valence-corrected chi connectivity index (χ2v) is 6.42. The van der Waals surface area contributed by atoms with Crippen molar-refractivity contribution in [2.45, 2.75) is 70.9 Å². The summed E-state index contributed by atoms with van der Waals surface area (Å²) in [5.74, 6) is 0.571. The molecule has 0 spiro atoms. The number of carbonyl (C=O) groups excluding carboxylic acids is 2. The van der Waals surface area contributed by atoms with Crippen LogP contribution in [0.5, 0.6) is 0 Å². The largest absolute Gasteiger partial charge is 0.344 e. The molecule has 19 heavy (non-hydrogen) atoms. The summed E-state index contributed by atoms with van der Waals surface area (Å²) >= 11 is 0. The first-order chi connectivity index (χ1) is 8.98. The molecule has 0 aromatic heterocycles. The zero-order valence-corrected chi connectivity index (χ0v) is 12.4. The fourth-order valence-electron chi connectivity index (χ4n) is 3.34. The molecule has 4 nitrogen and oxygen atoms in total. The van der Waals surface area contributed by atoms with Crippen LogP contribution < -0.4 is 5.32 Å². The minimum atomic E-state index is -0.320. The molecular formula is C15H26N2O2. The third kappa shape index (κ3) is 2.77. The van der Waals surface area contributed by atoms with Gasteiger partial charge in [0.1, 0.15) is 6.04 Å². The number of amides is 2. The Morgan fingerprint density at radius 3 is 2.53 bits per heavy atom. The lowest BCUT2D eigenvalue weighted by Gasteiger charge is -2.50. The minimum Gasteiger partial charge on any atom is -0.344 e. The molecule has 1 N–H and O–H groups in total. The molecule has 1 atom stereocenters. The van der Waals surface area contributed by atoms with Crippen molar-refractivity contribution in [3.05, 3.63) is 0 Å². The van der Waals surface area contributed by atoms with Gasteiger partial charge in [0.25, 0.3) is 0 Å². The number of rotatable bonds is 4. The van der Waals surface area contributed by atoms with Crippen molar-refractivity contribution in [1.29, 1.82) is 0 Å². The van der Waals surface area contributed by atoms with Gasteiger partial charge in [-0.1, -0.05) is 20.8 Å². The molecule has 1 saturated heterocycles. The summed E-state index contributed by atoms with van der Waals surface area (Å²) in [7, 11) is 0. The van der Waals surface area contributed by atoms with Gasteiger partial charge in [0.15, 0.2) is 0 Å². The van der Waals surface area contributed by atoms with Crippen LogP contribution >= 0.6 is 0 Å².